The van der Waals surface area contributed by atoms with Gasteiger partial charge >= 0.3 is 0 Å². The van der Waals surface area contributed by atoms with Gasteiger partial charge in [-0.25, -0.2) is 9.07 Å². The molecule has 0 atom stereocenters. The Hall–Kier alpha value is -3.97. The minimum absolute atomic E-state index is 0.0970. The van der Waals surface area contributed by atoms with Gasteiger partial charge in [0.25, 0.3) is 5.91 Å². The summed E-state index contributed by atoms with van der Waals surface area (Å²) in [6, 6.07) is 21.5. The molecule has 33 heavy (non-hydrogen) atoms. The second-order valence-electron chi connectivity index (χ2n) is 7.70. The van der Waals surface area contributed by atoms with Crippen molar-refractivity contribution < 1.29 is 14.3 Å². The summed E-state index contributed by atoms with van der Waals surface area (Å²) >= 11 is 0. The van der Waals surface area contributed by atoms with Crippen molar-refractivity contribution in [1.82, 2.24) is 15.1 Å². The fourth-order valence-electron chi connectivity index (χ4n) is 3.51. The molecule has 0 saturated heterocycles. The molecule has 4 rings (SSSR count). The molecular formula is C26H25FN4O2. The highest BCUT2D eigenvalue weighted by atomic mass is 19.1. The van der Waals surface area contributed by atoms with Crippen LogP contribution in [0.25, 0.3) is 16.9 Å². The fourth-order valence-corrected chi connectivity index (χ4v) is 3.51. The molecule has 4 aromatic rings. The van der Waals surface area contributed by atoms with Crippen LogP contribution in [0.4, 0.5) is 10.1 Å². The van der Waals surface area contributed by atoms with E-state index in [1.54, 1.807) is 28.9 Å². The summed E-state index contributed by atoms with van der Waals surface area (Å²) in [5.41, 5.74) is 6.12. The number of aliphatic hydroxyl groups is 1. The Bertz CT molecular complexity index is 1230. The number of aliphatic hydroxyl groups excluding tert-OH is 1. The molecule has 3 aromatic carbocycles. The largest absolute Gasteiger partial charge is 0.395 e. The molecule has 1 amide bonds. The second kappa shape index (κ2) is 10.1. The van der Waals surface area contributed by atoms with Crippen LogP contribution in [-0.4, -0.2) is 33.9 Å². The van der Waals surface area contributed by atoms with Gasteiger partial charge < -0.3 is 15.7 Å². The number of benzene rings is 3. The number of halogens is 1. The Morgan fingerprint density at radius 1 is 1.06 bits per heavy atom. The van der Waals surface area contributed by atoms with Gasteiger partial charge in [-0.1, -0.05) is 23.8 Å². The summed E-state index contributed by atoms with van der Waals surface area (Å²) in [6.45, 7) is 2.68. The Kier molecular flexibility index (Phi) is 6.80. The summed E-state index contributed by atoms with van der Waals surface area (Å²) in [5.74, 6) is -0.516. The number of amides is 1. The molecule has 0 spiro atoms. The number of carbonyl (C=O) groups is 1. The van der Waals surface area contributed by atoms with E-state index in [4.69, 9.17) is 10.2 Å². The van der Waals surface area contributed by atoms with Gasteiger partial charge in [-0.05, 0) is 61.5 Å². The lowest BCUT2D eigenvalue weighted by Gasteiger charge is -2.08. The lowest BCUT2D eigenvalue weighted by Crippen LogP contribution is -2.26. The second-order valence-corrected chi connectivity index (χ2v) is 7.70. The average Bonchev–Trinajstić information content (AvgIpc) is 3.26. The van der Waals surface area contributed by atoms with Crippen molar-refractivity contribution in [2.45, 2.75) is 13.5 Å². The molecule has 0 unspecified atom stereocenters. The van der Waals surface area contributed by atoms with Gasteiger partial charge in [0.1, 0.15) is 5.82 Å². The van der Waals surface area contributed by atoms with Crippen LogP contribution in [0.15, 0.2) is 79.0 Å². The van der Waals surface area contributed by atoms with Crippen molar-refractivity contribution in [2.24, 2.45) is 0 Å². The van der Waals surface area contributed by atoms with Gasteiger partial charge in [0.2, 0.25) is 0 Å². The van der Waals surface area contributed by atoms with Gasteiger partial charge in [-0.3, -0.25) is 4.79 Å². The number of anilines is 1. The normalized spacial score (nSPS) is 10.8. The van der Waals surface area contributed by atoms with Crippen LogP contribution in [0.3, 0.4) is 0 Å². The van der Waals surface area contributed by atoms with Gasteiger partial charge in [0.05, 0.1) is 18.0 Å². The summed E-state index contributed by atoms with van der Waals surface area (Å²) in [6.07, 6.45) is 1.94. The van der Waals surface area contributed by atoms with Crippen LogP contribution in [0, 0.1) is 12.7 Å². The van der Waals surface area contributed by atoms with Crippen molar-refractivity contribution in [2.75, 3.05) is 18.5 Å². The van der Waals surface area contributed by atoms with E-state index in [9.17, 15) is 9.18 Å². The number of aryl methyl sites for hydroxylation is 1. The first kappa shape index (κ1) is 22.2. The molecule has 3 N–H and O–H groups in total. The molecule has 0 aliphatic heterocycles. The fraction of sp³-hybridized carbons (Fsp3) is 0.154. The molecule has 1 aromatic heterocycles. The van der Waals surface area contributed by atoms with E-state index in [2.05, 4.69) is 16.7 Å². The van der Waals surface area contributed by atoms with E-state index >= 15 is 0 Å². The zero-order valence-corrected chi connectivity index (χ0v) is 18.3. The van der Waals surface area contributed by atoms with Crippen molar-refractivity contribution in [3.05, 3.63) is 102 Å². The summed E-state index contributed by atoms with van der Waals surface area (Å²) in [7, 11) is 0. The number of aromatic nitrogens is 2. The number of carbonyl (C=O) groups excluding carboxylic acids is 1. The predicted octanol–water partition coefficient (Wildman–Crippen LogP) is 4.32. The van der Waals surface area contributed by atoms with Gasteiger partial charge in [0.15, 0.2) is 0 Å². The lowest BCUT2D eigenvalue weighted by molar-refractivity contribution is 0.0945. The quantitative estimate of drug-likeness (QED) is 0.378. The molecule has 6 nitrogen and oxygen atoms in total. The third kappa shape index (κ3) is 5.45. The van der Waals surface area contributed by atoms with Crippen LogP contribution in [-0.2, 0) is 6.54 Å². The van der Waals surface area contributed by atoms with Gasteiger partial charge in [-0.15, -0.1) is 0 Å². The Balaban J connectivity index is 1.57. The van der Waals surface area contributed by atoms with Crippen LogP contribution >= 0.6 is 0 Å². The number of nitrogens with zero attached hydrogens (tertiary/aromatic N) is 2. The number of hydrogen-bond acceptors (Lipinski definition) is 4. The molecule has 0 aliphatic carbocycles. The summed E-state index contributed by atoms with van der Waals surface area (Å²) in [5, 5.41) is 19.6. The molecule has 0 radical (unpaired) electrons. The molecule has 7 heteroatoms. The van der Waals surface area contributed by atoms with Crippen molar-refractivity contribution in [3.8, 4) is 16.9 Å². The van der Waals surface area contributed by atoms with E-state index < -0.39 is 0 Å². The Morgan fingerprint density at radius 2 is 1.82 bits per heavy atom. The summed E-state index contributed by atoms with van der Waals surface area (Å²) in [4.78, 5) is 12.0. The zero-order chi connectivity index (χ0) is 23.2. The third-order valence-corrected chi connectivity index (χ3v) is 5.20. The van der Waals surface area contributed by atoms with E-state index in [1.165, 1.54) is 12.1 Å². The standard InChI is InChI=1S/C26H25FN4O2/c1-18-3-2-4-20(15-18)25-21(17-31(30-25)24-11-7-22(27)8-12-24)16-29-23-9-5-19(6-10-23)26(33)28-13-14-32/h2-12,15,17,29,32H,13-14,16H2,1H3,(H,28,33). The maximum absolute atomic E-state index is 13.4. The number of nitrogens with one attached hydrogen (secondary N) is 2. The van der Waals surface area contributed by atoms with Crippen molar-refractivity contribution in [1.29, 1.82) is 0 Å². The molecule has 168 valence electrons. The average molecular weight is 445 g/mol. The number of hydrogen-bond donors (Lipinski definition) is 3. The first-order valence-electron chi connectivity index (χ1n) is 10.7. The highest BCUT2D eigenvalue weighted by molar-refractivity contribution is 5.94. The minimum Gasteiger partial charge on any atom is -0.395 e. The molecule has 0 bridgehead atoms. The third-order valence-electron chi connectivity index (χ3n) is 5.20. The zero-order valence-electron chi connectivity index (χ0n) is 18.3. The van der Waals surface area contributed by atoms with Crippen LogP contribution < -0.4 is 10.6 Å². The minimum atomic E-state index is -0.291. The van der Waals surface area contributed by atoms with Crippen LogP contribution in [0.2, 0.25) is 0 Å². The van der Waals surface area contributed by atoms with Crippen LogP contribution in [0.1, 0.15) is 21.5 Å². The topological polar surface area (TPSA) is 79.2 Å². The first-order valence-corrected chi connectivity index (χ1v) is 10.7. The van der Waals surface area contributed by atoms with Crippen LogP contribution in [0.5, 0.6) is 0 Å². The maximum atomic E-state index is 13.4. The van der Waals surface area contributed by atoms with Gasteiger partial charge in [-0.2, -0.15) is 5.10 Å². The SMILES string of the molecule is Cc1cccc(-c2nn(-c3ccc(F)cc3)cc2CNc2ccc(C(=O)NCCO)cc2)c1. The van der Waals surface area contributed by atoms with Gasteiger partial charge in [0, 0.05) is 41.7 Å². The summed E-state index contributed by atoms with van der Waals surface area (Å²) < 4.78 is 15.1. The highest BCUT2D eigenvalue weighted by Crippen LogP contribution is 2.26. The van der Waals surface area contributed by atoms with Crippen molar-refractivity contribution >= 4 is 11.6 Å². The smallest absolute Gasteiger partial charge is 0.251 e. The Labute approximate surface area is 191 Å². The van der Waals surface area contributed by atoms with Crippen molar-refractivity contribution in [3.63, 3.8) is 0 Å². The first-order chi connectivity index (χ1) is 16.0. The molecule has 0 fully saturated rings. The molecule has 0 aliphatic rings. The lowest BCUT2D eigenvalue weighted by atomic mass is 10.1. The van der Waals surface area contributed by atoms with E-state index in [-0.39, 0.29) is 24.9 Å². The van der Waals surface area contributed by atoms with E-state index in [0.717, 1.165) is 33.8 Å². The predicted molar refractivity (Wildman–Crippen MR) is 127 cm³/mol. The molecular weight excluding hydrogens is 419 g/mol. The highest BCUT2D eigenvalue weighted by Gasteiger charge is 2.13. The van der Waals surface area contributed by atoms with E-state index in [1.807, 2.05) is 43.5 Å². The monoisotopic (exact) mass is 444 g/mol. The molecule has 0 saturated carbocycles. The van der Waals surface area contributed by atoms with E-state index in [0.29, 0.717) is 12.1 Å². The maximum Gasteiger partial charge on any atom is 0.251 e. The molecule has 1 heterocycles. The number of rotatable bonds is 8. The Morgan fingerprint density at radius 3 is 2.52 bits per heavy atom.